The summed E-state index contributed by atoms with van der Waals surface area (Å²) in [6.45, 7) is 1.95. The molecule has 3 rings (SSSR count). The fourth-order valence-electron chi connectivity index (χ4n) is 2.59. The van der Waals surface area contributed by atoms with Crippen molar-refractivity contribution in [1.29, 1.82) is 0 Å². The molecule has 0 amide bonds. The van der Waals surface area contributed by atoms with E-state index in [-0.39, 0.29) is 6.10 Å². The van der Waals surface area contributed by atoms with Gasteiger partial charge in [0.2, 0.25) is 5.95 Å². The number of nitrogens with one attached hydrogen (secondary N) is 1. The van der Waals surface area contributed by atoms with Crippen LogP contribution in [-0.2, 0) is 0 Å². The predicted molar refractivity (Wildman–Crippen MR) is 75.0 cm³/mol. The van der Waals surface area contributed by atoms with E-state index in [0.29, 0.717) is 11.7 Å². The van der Waals surface area contributed by atoms with Crippen molar-refractivity contribution in [2.24, 2.45) is 5.92 Å². The molecule has 0 spiro atoms. The van der Waals surface area contributed by atoms with Crippen molar-refractivity contribution >= 4 is 0 Å². The van der Waals surface area contributed by atoms with E-state index in [1.54, 1.807) is 6.07 Å². The van der Waals surface area contributed by atoms with Gasteiger partial charge in [-0.2, -0.15) is 4.39 Å². The molecule has 2 aromatic rings. The minimum absolute atomic E-state index is 0.0292. The molecule has 2 atom stereocenters. The minimum Gasteiger partial charge on any atom is -0.484 e. The number of hydrogen-bond acceptors (Lipinski definition) is 3. The fraction of sp³-hybridized carbons (Fsp3) is 0.312. The van der Waals surface area contributed by atoms with Gasteiger partial charge < -0.3 is 10.1 Å². The van der Waals surface area contributed by atoms with E-state index in [1.165, 1.54) is 12.3 Å². The van der Waals surface area contributed by atoms with Gasteiger partial charge in [0.15, 0.2) is 0 Å². The van der Waals surface area contributed by atoms with Crippen LogP contribution >= 0.6 is 0 Å². The molecule has 4 heteroatoms. The van der Waals surface area contributed by atoms with Gasteiger partial charge >= 0.3 is 0 Å². The van der Waals surface area contributed by atoms with Crippen LogP contribution in [0.4, 0.5) is 4.39 Å². The highest BCUT2D eigenvalue weighted by atomic mass is 19.1. The summed E-state index contributed by atoms with van der Waals surface area (Å²) in [5, 5.41) is 3.36. The quantitative estimate of drug-likeness (QED) is 0.869. The van der Waals surface area contributed by atoms with Crippen LogP contribution in [0.25, 0.3) is 0 Å². The summed E-state index contributed by atoms with van der Waals surface area (Å²) in [5.41, 5.74) is 1.14. The second-order valence-electron chi connectivity index (χ2n) is 5.02. The van der Waals surface area contributed by atoms with Crippen molar-refractivity contribution in [3.63, 3.8) is 0 Å². The van der Waals surface area contributed by atoms with Crippen LogP contribution in [0.5, 0.6) is 5.75 Å². The third-order valence-corrected chi connectivity index (χ3v) is 3.62. The number of ether oxygens (including phenoxy) is 1. The average Bonchev–Trinajstić information content (AvgIpc) is 3.01. The molecule has 1 N–H and O–H groups in total. The Morgan fingerprint density at radius 1 is 1.20 bits per heavy atom. The number of pyridine rings is 1. The third kappa shape index (κ3) is 2.96. The molecule has 1 aliphatic rings. The second kappa shape index (κ2) is 6.01. The summed E-state index contributed by atoms with van der Waals surface area (Å²) in [6, 6.07) is 13.1. The summed E-state index contributed by atoms with van der Waals surface area (Å²) < 4.78 is 18.9. The summed E-state index contributed by atoms with van der Waals surface area (Å²) >= 11 is 0. The zero-order valence-electron chi connectivity index (χ0n) is 11.1. The van der Waals surface area contributed by atoms with E-state index in [2.05, 4.69) is 22.4 Å². The lowest BCUT2D eigenvalue weighted by Crippen LogP contribution is -2.21. The van der Waals surface area contributed by atoms with E-state index in [1.807, 2.05) is 18.2 Å². The first-order chi connectivity index (χ1) is 9.83. The summed E-state index contributed by atoms with van der Waals surface area (Å²) in [4.78, 5) is 3.65. The molecule has 0 aliphatic carbocycles. The Morgan fingerprint density at radius 3 is 2.70 bits per heavy atom. The molecular weight excluding hydrogens is 255 g/mol. The Hall–Kier alpha value is -1.94. The van der Waals surface area contributed by atoms with Crippen LogP contribution in [-0.4, -0.2) is 18.1 Å². The summed E-state index contributed by atoms with van der Waals surface area (Å²) in [5.74, 6) is 0.533. The predicted octanol–water partition coefficient (Wildman–Crippen LogP) is 2.95. The largest absolute Gasteiger partial charge is 0.484 e. The van der Waals surface area contributed by atoms with Crippen molar-refractivity contribution in [3.8, 4) is 5.75 Å². The number of hydrogen-bond donors (Lipinski definition) is 1. The molecule has 1 aromatic heterocycles. The Kier molecular flexibility index (Phi) is 3.92. The highest BCUT2D eigenvalue weighted by molar-refractivity contribution is 5.23. The Balaban J connectivity index is 1.83. The zero-order valence-corrected chi connectivity index (χ0v) is 11.1. The zero-order chi connectivity index (χ0) is 13.8. The van der Waals surface area contributed by atoms with Crippen LogP contribution < -0.4 is 10.1 Å². The standard InChI is InChI=1S/C16H17FN2O/c17-15-7-6-14(11-19-15)20-16(13-8-9-18-10-13)12-4-2-1-3-5-12/h1-7,11,13,16,18H,8-10H2/t13?,16-/m1/s1. The van der Waals surface area contributed by atoms with Crippen LogP contribution in [0.15, 0.2) is 48.7 Å². The highest BCUT2D eigenvalue weighted by Gasteiger charge is 2.28. The number of halogens is 1. The lowest BCUT2D eigenvalue weighted by Gasteiger charge is -2.24. The van der Waals surface area contributed by atoms with Crippen LogP contribution in [0, 0.1) is 11.9 Å². The second-order valence-corrected chi connectivity index (χ2v) is 5.02. The molecule has 3 nitrogen and oxygen atoms in total. The first-order valence-corrected chi connectivity index (χ1v) is 6.87. The van der Waals surface area contributed by atoms with Gasteiger partial charge in [0.1, 0.15) is 11.9 Å². The molecule has 1 unspecified atom stereocenters. The Morgan fingerprint density at radius 2 is 2.05 bits per heavy atom. The Labute approximate surface area is 117 Å². The molecule has 0 bridgehead atoms. The van der Waals surface area contributed by atoms with Gasteiger partial charge in [-0.15, -0.1) is 0 Å². The van der Waals surface area contributed by atoms with Gasteiger partial charge in [0, 0.05) is 12.5 Å². The lowest BCUT2D eigenvalue weighted by molar-refractivity contribution is 0.143. The maximum atomic E-state index is 12.9. The highest BCUT2D eigenvalue weighted by Crippen LogP contribution is 2.31. The molecule has 0 saturated carbocycles. The lowest BCUT2D eigenvalue weighted by atomic mass is 9.95. The van der Waals surface area contributed by atoms with Crippen molar-refractivity contribution in [3.05, 3.63) is 60.2 Å². The number of aromatic nitrogens is 1. The number of benzene rings is 1. The SMILES string of the molecule is Fc1ccc(O[C@H](c2ccccc2)C2CCNC2)cn1. The molecule has 104 valence electrons. The van der Waals surface area contributed by atoms with Crippen LogP contribution in [0.3, 0.4) is 0 Å². The molecule has 1 fully saturated rings. The van der Waals surface area contributed by atoms with E-state index in [0.717, 1.165) is 25.1 Å². The first kappa shape index (κ1) is 13.1. The van der Waals surface area contributed by atoms with E-state index < -0.39 is 5.95 Å². The normalized spacial score (nSPS) is 19.8. The monoisotopic (exact) mass is 272 g/mol. The van der Waals surface area contributed by atoms with Crippen molar-refractivity contribution in [2.45, 2.75) is 12.5 Å². The van der Waals surface area contributed by atoms with E-state index in [4.69, 9.17) is 4.74 Å². The topological polar surface area (TPSA) is 34.1 Å². The first-order valence-electron chi connectivity index (χ1n) is 6.87. The number of nitrogens with zero attached hydrogens (tertiary/aromatic N) is 1. The van der Waals surface area contributed by atoms with Gasteiger partial charge in [-0.05, 0) is 30.7 Å². The molecule has 1 aromatic carbocycles. The molecule has 2 heterocycles. The fourth-order valence-corrected chi connectivity index (χ4v) is 2.59. The molecule has 1 saturated heterocycles. The van der Waals surface area contributed by atoms with Gasteiger partial charge in [0.25, 0.3) is 0 Å². The van der Waals surface area contributed by atoms with Crippen molar-refractivity contribution in [1.82, 2.24) is 10.3 Å². The van der Waals surface area contributed by atoms with Gasteiger partial charge in [-0.3, -0.25) is 0 Å². The van der Waals surface area contributed by atoms with Gasteiger partial charge in [-0.25, -0.2) is 4.98 Å². The molecule has 0 radical (unpaired) electrons. The maximum absolute atomic E-state index is 12.9. The number of rotatable bonds is 4. The summed E-state index contributed by atoms with van der Waals surface area (Å²) in [6.07, 6.45) is 2.49. The van der Waals surface area contributed by atoms with E-state index in [9.17, 15) is 4.39 Å². The smallest absolute Gasteiger partial charge is 0.213 e. The maximum Gasteiger partial charge on any atom is 0.213 e. The molecular formula is C16H17FN2O. The Bertz CT molecular complexity index is 538. The van der Waals surface area contributed by atoms with E-state index >= 15 is 0 Å². The van der Waals surface area contributed by atoms with Crippen LogP contribution in [0.2, 0.25) is 0 Å². The van der Waals surface area contributed by atoms with Gasteiger partial charge in [0.05, 0.1) is 6.20 Å². The third-order valence-electron chi connectivity index (χ3n) is 3.62. The molecule has 1 aliphatic heterocycles. The minimum atomic E-state index is -0.490. The van der Waals surface area contributed by atoms with Crippen LogP contribution in [0.1, 0.15) is 18.1 Å². The molecule has 20 heavy (non-hydrogen) atoms. The summed E-state index contributed by atoms with van der Waals surface area (Å²) in [7, 11) is 0. The average molecular weight is 272 g/mol. The van der Waals surface area contributed by atoms with Crippen molar-refractivity contribution < 1.29 is 9.13 Å². The van der Waals surface area contributed by atoms with Gasteiger partial charge in [-0.1, -0.05) is 30.3 Å². The van der Waals surface area contributed by atoms with Crippen molar-refractivity contribution in [2.75, 3.05) is 13.1 Å².